The number of hydrogen-bond acceptors (Lipinski definition) is 4. The number of piperidine rings is 1. The smallest absolute Gasteiger partial charge is 0.273 e. The molecule has 1 saturated heterocycles. The number of likely N-dealkylation sites (tertiary alicyclic amines) is 1. The average molecular weight is 376 g/mol. The Hall–Kier alpha value is -1.85. The molecular formula is C20H26ClN3O2. The lowest BCUT2D eigenvalue weighted by atomic mass is 10.0. The summed E-state index contributed by atoms with van der Waals surface area (Å²) in [6.45, 7) is 8.08. The molecule has 6 heteroatoms. The fourth-order valence-corrected chi connectivity index (χ4v) is 3.53. The van der Waals surface area contributed by atoms with E-state index in [-0.39, 0.29) is 5.91 Å². The van der Waals surface area contributed by atoms with Gasteiger partial charge in [0.05, 0.1) is 0 Å². The van der Waals surface area contributed by atoms with E-state index in [1.54, 1.807) is 19.1 Å². The standard InChI is InChI=1S/C20H26ClN3O2/c1-14-5-3-11-24(13-14)12-4-10-22-19(25)18-15(2)26-20(23-18)16-6-8-17(21)9-7-16/h6-9,14H,3-5,10-13H2,1-2H3,(H,22,25). The summed E-state index contributed by atoms with van der Waals surface area (Å²) in [5.41, 5.74) is 1.15. The lowest BCUT2D eigenvalue weighted by Crippen LogP contribution is -2.36. The molecule has 5 nitrogen and oxygen atoms in total. The van der Waals surface area contributed by atoms with Crippen LogP contribution >= 0.6 is 11.6 Å². The molecule has 0 aliphatic carbocycles. The van der Waals surface area contributed by atoms with Gasteiger partial charge < -0.3 is 14.6 Å². The molecule has 1 aliphatic rings. The number of benzene rings is 1. The second-order valence-corrected chi connectivity index (χ2v) is 7.52. The molecule has 1 aromatic heterocycles. The Labute approximate surface area is 159 Å². The first-order valence-electron chi connectivity index (χ1n) is 9.27. The molecule has 1 unspecified atom stereocenters. The van der Waals surface area contributed by atoms with Crippen LogP contribution in [0, 0.1) is 12.8 Å². The zero-order valence-electron chi connectivity index (χ0n) is 15.4. The maximum absolute atomic E-state index is 12.4. The van der Waals surface area contributed by atoms with Gasteiger partial charge in [-0.1, -0.05) is 18.5 Å². The number of halogens is 1. The highest BCUT2D eigenvalue weighted by atomic mass is 35.5. The first kappa shape index (κ1) is 18.9. The van der Waals surface area contributed by atoms with Crippen LogP contribution in [0.4, 0.5) is 0 Å². The third-order valence-corrected chi connectivity index (χ3v) is 5.03. The predicted octanol–water partition coefficient (Wildman–Crippen LogP) is 4.16. The monoisotopic (exact) mass is 375 g/mol. The van der Waals surface area contributed by atoms with Gasteiger partial charge in [-0.05, 0) is 69.5 Å². The Morgan fingerprint density at radius 1 is 1.38 bits per heavy atom. The van der Waals surface area contributed by atoms with Gasteiger partial charge in [0.1, 0.15) is 5.76 Å². The molecule has 1 N–H and O–H groups in total. The second kappa shape index (κ2) is 8.69. The van der Waals surface area contributed by atoms with Crippen LogP contribution in [0.15, 0.2) is 28.7 Å². The molecule has 1 amide bonds. The van der Waals surface area contributed by atoms with Gasteiger partial charge in [-0.25, -0.2) is 4.98 Å². The average Bonchev–Trinajstić information content (AvgIpc) is 3.01. The number of amides is 1. The van der Waals surface area contributed by atoms with Crippen molar-refractivity contribution in [2.75, 3.05) is 26.2 Å². The van der Waals surface area contributed by atoms with Gasteiger partial charge in [-0.3, -0.25) is 4.79 Å². The van der Waals surface area contributed by atoms with E-state index >= 15 is 0 Å². The lowest BCUT2D eigenvalue weighted by molar-refractivity contribution is 0.0944. The number of nitrogens with zero attached hydrogens (tertiary/aromatic N) is 2. The van der Waals surface area contributed by atoms with E-state index in [9.17, 15) is 4.79 Å². The van der Waals surface area contributed by atoms with E-state index in [1.165, 1.54) is 25.9 Å². The molecule has 0 radical (unpaired) electrons. The highest BCUT2D eigenvalue weighted by Gasteiger charge is 2.18. The van der Waals surface area contributed by atoms with Crippen LogP contribution < -0.4 is 5.32 Å². The van der Waals surface area contributed by atoms with Gasteiger partial charge in [0.2, 0.25) is 5.89 Å². The minimum absolute atomic E-state index is 0.182. The predicted molar refractivity (Wildman–Crippen MR) is 103 cm³/mol. The minimum Gasteiger partial charge on any atom is -0.441 e. The maximum atomic E-state index is 12.4. The van der Waals surface area contributed by atoms with Gasteiger partial charge in [0.25, 0.3) is 5.91 Å². The summed E-state index contributed by atoms with van der Waals surface area (Å²) in [7, 11) is 0. The molecule has 0 saturated carbocycles. The van der Waals surface area contributed by atoms with Crippen molar-refractivity contribution < 1.29 is 9.21 Å². The number of aromatic nitrogens is 1. The van der Waals surface area contributed by atoms with Crippen LogP contribution in [0.1, 0.15) is 42.4 Å². The first-order valence-corrected chi connectivity index (χ1v) is 9.64. The Kier molecular flexibility index (Phi) is 6.33. The van der Waals surface area contributed by atoms with Gasteiger partial charge in [-0.15, -0.1) is 0 Å². The summed E-state index contributed by atoms with van der Waals surface area (Å²) < 4.78 is 5.65. The third kappa shape index (κ3) is 4.86. The Morgan fingerprint density at radius 3 is 2.88 bits per heavy atom. The van der Waals surface area contributed by atoms with E-state index in [0.717, 1.165) is 24.4 Å². The second-order valence-electron chi connectivity index (χ2n) is 7.09. The SMILES string of the molecule is Cc1oc(-c2ccc(Cl)cc2)nc1C(=O)NCCCN1CCCC(C)C1. The van der Waals surface area contributed by atoms with Crippen LogP contribution in [0.5, 0.6) is 0 Å². The third-order valence-electron chi connectivity index (χ3n) is 4.78. The van der Waals surface area contributed by atoms with Crippen LogP contribution in [-0.2, 0) is 0 Å². The van der Waals surface area contributed by atoms with Gasteiger partial charge in [0, 0.05) is 23.7 Å². The molecule has 1 fully saturated rings. The largest absolute Gasteiger partial charge is 0.441 e. The van der Waals surface area contributed by atoms with Crippen molar-refractivity contribution in [2.45, 2.75) is 33.1 Å². The quantitative estimate of drug-likeness (QED) is 0.770. The molecule has 2 heterocycles. The van der Waals surface area contributed by atoms with Crippen LogP contribution in [-0.4, -0.2) is 42.0 Å². The van der Waals surface area contributed by atoms with E-state index in [2.05, 4.69) is 22.1 Å². The topological polar surface area (TPSA) is 58.4 Å². The summed E-state index contributed by atoms with van der Waals surface area (Å²) in [6, 6.07) is 7.21. The maximum Gasteiger partial charge on any atom is 0.273 e. The van der Waals surface area contributed by atoms with Crippen LogP contribution in [0.2, 0.25) is 5.02 Å². The summed E-state index contributed by atoms with van der Waals surface area (Å²) in [5.74, 6) is 1.56. The molecule has 1 aliphatic heterocycles. The summed E-state index contributed by atoms with van der Waals surface area (Å²) in [4.78, 5) is 19.2. The van der Waals surface area contributed by atoms with Crippen molar-refractivity contribution in [3.05, 3.63) is 40.7 Å². The number of aryl methyl sites for hydroxylation is 1. The van der Waals surface area contributed by atoms with Crippen LogP contribution in [0.3, 0.4) is 0 Å². The Balaban J connectivity index is 1.51. The summed E-state index contributed by atoms with van der Waals surface area (Å²) >= 11 is 5.90. The van der Waals surface area contributed by atoms with Crippen molar-refractivity contribution in [1.29, 1.82) is 0 Å². The highest BCUT2D eigenvalue weighted by Crippen LogP contribution is 2.23. The zero-order chi connectivity index (χ0) is 18.5. The fourth-order valence-electron chi connectivity index (χ4n) is 3.40. The molecule has 0 bridgehead atoms. The number of carbonyl (C=O) groups excluding carboxylic acids is 1. The number of rotatable bonds is 6. The fraction of sp³-hybridized carbons (Fsp3) is 0.500. The van der Waals surface area contributed by atoms with Crippen molar-refractivity contribution in [1.82, 2.24) is 15.2 Å². The minimum atomic E-state index is -0.182. The number of nitrogens with one attached hydrogen (secondary N) is 1. The normalized spacial score (nSPS) is 18.0. The number of carbonyl (C=O) groups is 1. The Bertz CT molecular complexity index is 742. The molecule has 1 aromatic carbocycles. The lowest BCUT2D eigenvalue weighted by Gasteiger charge is -2.30. The number of oxazole rings is 1. The molecule has 26 heavy (non-hydrogen) atoms. The molecule has 0 spiro atoms. The Morgan fingerprint density at radius 2 is 2.15 bits per heavy atom. The molecule has 3 rings (SSSR count). The first-order chi connectivity index (χ1) is 12.5. The van der Waals surface area contributed by atoms with Gasteiger partial charge in [-0.2, -0.15) is 0 Å². The molecule has 1 atom stereocenters. The molecular weight excluding hydrogens is 350 g/mol. The molecule has 140 valence electrons. The van der Waals surface area contributed by atoms with E-state index in [4.69, 9.17) is 16.0 Å². The van der Waals surface area contributed by atoms with Crippen LogP contribution in [0.25, 0.3) is 11.5 Å². The summed E-state index contributed by atoms with van der Waals surface area (Å²) in [6.07, 6.45) is 3.55. The van der Waals surface area contributed by atoms with Crippen molar-refractivity contribution >= 4 is 17.5 Å². The highest BCUT2D eigenvalue weighted by molar-refractivity contribution is 6.30. The molecule has 2 aromatic rings. The van der Waals surface area contributed by atoms with Gasteiger partial charge >= 0.3 is 0 Å². The van der Waals surface area contributed by atoms with E-state index < -0.39 is 0 Å². The van der Waals surface area contributed by atoms with E-state index in [0.29, 0.717) is 28.9 Å². The zero-order valence-corrected chi connectivity index (χ0v) is 16.2. The van der Waals surface area contributed by atoms with Gasteiger partial charge in [0.15, 0.2) is 5.69 Å². The van der Waals surface area contributed by atoms with E-state index in [1.807, 2.05) is 12.1 Å². The summed E-state index contributed by atoms with van der Waals surface area (Å²) in [5, 5.41) is 3.61. The number of hydrogen-bond donors (Lipinski definition) is 1. The van der Waals surface area contributed by atoms with Crippen molar-refractivity contribution in [2.24, 2.45) is 5.92 Å². The van der Waals surface area contributed by atoms with Crippen molar-refractivity contribution in [3.63, 3.8) is 0 Å². The van der Waals surface area contributed by atoms with Crippen molar-refractivity contribution in [3.8, 4) is 11.5 Å².